The van der Waals surface area contributed by atoms with Crippen molar-refractivity contribution in [1.82, 2.24) is 19.0 Å². The summed E-state index contributed by atoms with van der Waals surface area (Å²) in [6.45, 7) is 2.53. The van der Waals surface area contributed by atoms with Crippen molar-refractivity contribution < 1.29 is 22.5 Å². The average molecular weight is 513 g/mol. The maximum Gasteiger partial charge on any atom is 0.593 e. The fraction of sp³-hybridized carbons (Fsp3) is 0.391. The summed E-state index contributed by atoms with van der Waals surface area (Å²) < 4.78 is 52.2. The summed E-state index contributed by atoms with van der Waals surface area (Å²) in [7, 11) is 0. The van der Waals surface area contributed by atoms with Gasteiger partial charge in [-0.05, 0) is 48.4 Å². The van der Waals surface area contributed by atoms with Crippen molar-refractivity contribution in [3.05, 3.63) is 70.1 Å². The van der Waals surface area contributed by atoms with Gasteiger partial charge in [-0.1, -0.05) is 42.8 Å². The minimum Gasteiger partial charge on any atom is -0.591 e. The first-order valence-corrected chi connectivity index (χ1v) is 12.4. The van der Waals surface area contributed by atoms with Crippen LogP contribution in [0.5, 0.6) is 0 Å². The Morgan fingerprint density at radius 1 is 1.21 bits per heavy atom. The molecular formula is C23H24ClF3N4O2S. The molecule has 0 saturated carbocycles. The lowest BCUT2D eigenvalue weighted by Crippen LogP contribution is -2.44. The van der Waals surface area contributed by atoms with Gasteiger partial charge in [0.1, 0.15) is 11.3 Å². The smallest absolute Gasteiger partial charge is 0.591 e. The number of carbonyl (C=O) groups is 1. The lowest BCUT2D eigenvalue weighted by molar-refractivity contribution is -0.0493. The minimum absolute atomic E-state index is 0.111. The summed E-state index contributed by atoms with van der Waals surface area (Å²) in [5.74, 6) is -0.138. The predicted octanol–water partition coefficient (Wildman–Crippen LogP) is 4.84. The first-order valence-electron chi connectivity index (χ1n) is 10.9. The summed E-state index contributed by atoms with van der Waals surface area (Å²) in [6.07, 6.45) is 3.29. The highest BCUT2D eigenvalue weighted by molar-refractivity contribution is 7.89. The Labute approximate surface area is 203 Å². The molecule has 1 amide bonds. The lowest BCUT2D eigenvalue weighted by Gasteiger charge is -2.32. The number of imidazole rings is 1. The zero-order chi connectivity index (χ0) is 24.5. The molecule has 2 aromatic heterocycles. The number of hydrogen-bond donors (Lipinski definition) is 1. The molecule has 11 heteroatoms. The van der Waals surface area contributed by atoms with E-state index in [-0.39, 0.29) is 24.9 Å². The molecular weight excluding hydrogens is 489 g/mol. The van der Waals surface area contributed by atoms with Gasteiger partial charge in [0, 0.05) is 25.8 Å². The van der Waals surface area contributed by atoms with E-state index in [1.165, 1.54) is 0 Å². The predicted molar refractivity (Wildman–Crippen MR) is 125 cm³/mol. The number of aromatic nitrogens is 2. The number of piperidine rings is 1. The first kappa shape index (κ1) is 24.8. The number of halogens is 4. The lowest BCUT2D eigenvalue weighted by atomic mass is 9.90. The fourth-order valence-corrected chi connectivity index (χ4v) is 5.23. The molecule has 6 nitrogen and oxygen atoms in total. The van der Waals surface area contributed by atoms with Gasteiger partial charge < -0.3 is 9.87 Å². The number of aryl methyl sites for hydroxylation is 1. The fourth-order valence-electron chi connectivity index (χ4n) is 4.23. The molecule has 0 radical (unpaired) electrons. The van der Waals surface area contributed by atoms with Gasteiger partial charge in [-0.25, -0.2) is 4.98 Å². The van der Waals surface area contributed by atoms with Crippen molar-refractivity contribution in [2.24, 2.45) is 0 Å². The Morgan fingerprint density at radius 2 is 1.88 bits per heavy atom. The second kappa shape index (κ2) is 10.2. The maximum absolute atomic E-state index is 12.9. The molecule has 1 N–H and O–H groups in total. The number of hydrogen-bond acceptors (Lipinski definition) is 4. The molecule has 3 heterocycles. The van der Waals surface area contributed by atoms with Crippen LogP contribution in [-0.4, -0.2) is 42.7 Å². The largest absolute Gasteiger partial charge is 0.593 e. The third kappa shape index (κ3) is 5.35. The Hall–Kier alpha value is -2.27. The topological polar surface area (TPSA) is 72.7 Å². The van der Waals surface area contributed by atoms with Crippen molar-refractivity contribution in [3.8, 4) is 0 Å². The Bertz CT molecular complexity index is 1160. The molecule has 0 unspecified atom stereocenters. The third-order valence-electron chi connectivity index (χ3n) is 6.00. The molecule has 0 bridgehead atoms. The number of fused-ring (bicyclic) bond motifs is 1. The highest BCUT2D eigenvalue weighted by Gasteiger charge is 2.50. The van der Waals surface area contributed by atoms with Crippen molar-refractivity contribution >= 4 is 34.5 Å². The highest BCUT2D eigenvalue weighted by Crippen LogP contribution is 2.34. The van der Waals surface area contributed by atoms with Crippen LogP contribution >= 0.6 is 11.6 Å². The second-order valence-corrected chi connectivity index (χ2v) is 10.1. The van der Waals surface area contributed by atoms with Gasteiger partial charge >= 0.3 is 5.51 Å². The molecule has 1 fully saturated rings. The standard InChI is InChI=1S/C23H24ClF3N4O2S/c1-2-19-21(31-14-18(24)7-8-20(31)29-19)22(32)28-13-15-3-5-16(6-4-15)17-9-11-30(12-10-17)34(33)23(25,26)27/h3-8,14,17H,2,9-13H2,1H3,(H,28,32)/t34-/m1/s1. The van der Waals surface area contributed by atoms with Crippen LogP contribution < -0.4 is 5.32 Å². The van der Waals surface area contributed by atoms with Gasteiger partial charge in [-0.2, -0.15) is 0 Å². The summed E-state index contributed by atoms with van der Waals surface area (Å²) in [5, 5.41) is 3.44. The SMILES string of the molecule is CCc1nc2ccc(Cl)cn2c1C(=O)NCc1ccc(C2CCN([S@+]([O-])C(F)(F)F)CC2)cc1. The number of rotatable bonds is 6. The van der Waals surface area contributed by atoms with E-state index < -0.39 is 16.9 Å². The van der Waals surface area contributed by atoms with E-state index in [4.69, 9.17) is 11.6 Å². The third-order valence-corrected chi connectivity index (χ3v) is 7.45. The van der Waals surface area contributed by atoms with Gasteiger partial charge in [0.2, 0.25) is 0 Å². The summed E-state index contributed by atoms with van der Waals surface area (Å²) in [4.78, 5) is 17.4. The van der Waals surface area contributed by atoms with Gasteiger partial charge in [0.25, 0.3) is 5.91 Å². The van der Waals surface area contributed by atoms with Crippen molar-refractivity contribution in [1.29, 1.82) is 0 Å². The van der Waals surface area contributed by atoms with E-state index in [0.717, 1.165) is 15.4 Å². The molecule has 1 aliphatic heterocycles. The monoisotopic (exact) mass is 512 g/mol. The van der Waals surface area contributed by atoms with Gasteiger partial charge in [-0.3, -0.25) is 9.20 Å². The number of alkyl halides is 3. The quantitative estimate of drug-likeness (QED) is 0.480. The molecule has 4 rings (SSSR count). The van der Waals surface area contributed by atoms with Crippen molar-refractivity contribution in [2.75, 3.05) is 13.1 Å². The van der Waals surface area contributed by atoms with Crippen LogP contribution in [0.3, 0.4) is 0 Å². The van der Waals surface area contributed by atoms with Crippen LogP contribution in [0.4, 0.5) is 13.2 Å². The van der Waals surface area contributed by atoms with E-state index in [1.807, 2.05) is 31.2 Å². The number of amides is 1. The zero-order valence-electron chi connectivity index (χ0n) is 18.4. The van der Waals surface area contributed by atoms with Crippen LogP contribution in [-0.2, 0) is 24.3 Å². The van der Waals surface area contributed by atoms with Crippen LogP contribution in [0, 0.1) is 0 Å². The van der Waals surface area contributed by atoms with E-state index in [2.05, 4.69) is 10.3 Å². The van der Waals surface area contributed by atoms with Crippen LogP contribution in [0.2, 0.25) is 5.02 Å². The van der Waals surface area contributed by atoms with E-state index in [0.29, 0.717) is 47.9 Å². The Morgan fingerprint density at radius 3 is 2.50 bits per heavy atom. The normalized spacial score (nSPS) is 16.6. The summed E-state index contributed by atoms with van der Waals surface area (Å²) in [5.41, 5.74) is -0.991. The molecule has 1 aliphatic rings. The number of benzene rings is 1. The maximum atomic E-state index is 12.9. The minimum atomic E-state index is -4.72. The average Bonchev–Trinajstić information content (AvgIpc) is 3.19. The first-order chi connectivity index (χ1) is 16.2. The molecule has 182 valence electrons. The van der Waals surface area contributed by atoms with Gasteiger partial charge in [-0.15, -0.1) is 17.5 Å². The molecule has 1 atom stereocenters. The number of nitrogens with one attached hydrogen (secondary N) is 1. The highest BCUT2D eigenvalue weighted by atomic mass is 35.5. The summed E-state index contributed by atoms with van der Waals surface area (Å²) in [6, 6.07) is 11.2. The van der Waals surface area contributed by atoms with Crippen LogP contribution in [0.25, 0.3) is 5.65 Å². The number of nitrogens with zero attached hydrogens (tertiary/aromatic N) is 3. The van der Waals surface area contributed by atoms with Gasteiger partial charge in [0.05, 0.1) is 10.7 Å². The Balaban J connectivity index is 1.37. The van der Waals surface area contributed by atoms with Crippen molar-refractivity contribution in [2.45, 2.75) is 44.2 Å². The van der Waals surface area contributed by atoms with Crippen molar-refractivity contribution in [3.63, 3.8) is 0 Å². The van der Waals surface area contributed by atoms with E-state index in [9.17, 15) is 22.5 Å². The van der Waals surface area contributed by atoms with E-state index in [1.54, 1.807) is 22.7 Å². The molecule has 3 aromatic rings. The molecule has 0 aliphatic carbocycles. The number of pyridine rings is 1. The molecule has 1 saturated heterocycles. The molecule has 0 spiro atoms. The zero-order valence-corrected chi connectivity index (χ0v) is 20.0. The summed E-state index contributed by atoms with van der Waals surface area (Å²) >= 11 is 3.14. The molecule has 34 heavy (non-hydrogen) atoms. The second-order valence-electron chi connectivity index (χ2n) is 8.16. The Kier molecular flexibility index (Phi) is 7.42. The molecule has 1 aromatic carbocycles. The van der Waals surface area contributed by atoms with E-state index >= 15 is 0 Å². The van der Waals surface area contributed by atoms with Crippen LogP contribution in [0.15, 0.2) is 42.6 Å². The number of carbonyl (C=O) groups excluding carboxylic acids is 1. The van der Waals surface area contributed by atoms with Gasteiger partial charge in [0.15, 0.2) is 11.4 Å². The van der Waals surface area contributed by atoms with Crippen LogP contribution in [0.1, 0.15) is 53.0 Å².